The lowest BCUT2D eigenvalue weighted by Gasteiger charge is -2.37. The van der Waals surface area contributed by atoms with Crippen molar-refractivity contribution in [1.29, 1.82) is 0 Å². The van der Waals surface area contributed by atoms with Crippen molar-refractivity contribution >= 4 is 0 Å². The number of rotatable bonds is 7. The summed E-state index contributed by atoms with van der Waals surface area (Å²) in [7, 11) is 1.71. The van der Waals surface area contributed by atoms with E-state index in [2.05, 4.69) is 47.0 Å². The van der Waals surface area contributed by atoms with Crippen molar-refractivity contribution in [1.82, 2.24) is 10.6 Å². The van der Waals surface area contributed by atoms with Crippen LogP contribution in [0.15, 0.2) is 78.9 Å². The lowest BCUT2D eigenvalue weighted by molar-refractivity contribution is 0.277. The van der Waals surface area contributed by atoms with Gasteiger partial charge in [-0.3, -0.25) is 0 Å². The predicted octanol–water partition coefficient (Wildman–Crippen LogP) is 5.20. The summed E-state index contributed by atoms with van der Waals surface area (Å²) < 4.78 is 19.1. The fraction of sp³-hybridized carbons (Fsp3) is 0.308. The highest BCUT2D eigenvalue weighted by Gasteiger charge is 2.29. The Labute approximate surface area is 178 Å². The Morgan fingerprint density at radius 3 is 2.50 bits per heavy atom. The lowest BCUT2D eigenvalue weighted by Crippen LogP contribution is -2.47. The van der Waals surface area contributed by atoms with Gasteiger partial charge in [-0.2, -0.15) is 0 Å². The smallest absolute Gasteiger partial charge is 0.123 e. The van der Waals surface area contributed by atoms with E-state index < -0.39 is 0 Å². The van der Waals surface area contributed by atoms with Crippen LogP contribution in [0.1, 0.15) is 41.6 Å². The fourth-order valence-electron chi connectivity index (χ4n) is 4.41. The third-order valence-corrected chi connectivity index (χ3v) is 5.90. The highest BCUT2D eigenvalue weighted by Crippen LogP contribution is 2.31. The SMILES string of the molecule is COc1ccccc1[C@H](Cc1ccc(F)cc1)N[C@H]1CCCN[C@H]1c1ccccc1. The van der Waals surface area contributed by atoms with Crippen LogP contribution in [0.4, 0.5) is 4.39 Å². The molecule has 156 valence electrons. The van der Waals surface area contributed by atoms with Crippen LogP contribution in [0.3, 0.4) is 0 Å². The Morgan fingerprint density at radius 1 is 1.00 bits per heavy atom. The van der Waals surface area contributed by atoms with Crippen LogP contribution >= 0.6 is 0 Å². The van der Waals surface area contributed by atoms with Crippen LogP contribution in [0.2, 0.25) is 0 Å². The Hall–Kier alpha value is -2.69. The number of nitrogens with one attached hydrogen (secondary N) is 2. The first-order valence-corrected chi connectivity index (χ1v) is 10.7. The first kappa shape index (κ1) is 20.6. The molecule has 1 aliphatic rings. The second-order valence-corrected chi connectivity index (χ2v) is 7.88. The topological polar surface area (TPSA) is 33.3 Å². The maximum absolute atomic E-state index is 13.4. The van der Waals surface area contributed by atoms with Crippen LogP contribution in [-0.2, 0) is 6.42 Å². The molecule has 0 amide bonds. The number of hydrogen-bond acceptors (Lipinski definition) is 3. The molecule has 1 saturated heterocycles. The van der Waals surface area contributed by atoms with Gasteiger partial charge in [-0.05, 0) is 55.1 Å². The van der Waals surface area contributed by atoms with E-state index in [4.69, 9.17) is 4.74 Å². The van der Waals surface area contributed by atoms with E-state index in [1.165, 1.54) is 17.7 Å². The van der Waals surface area contributed by atoms with Gasteiger partial charge in [0.2, 0.25) is 0 Å². The predicted molar refractivity (Wildman–Crippen MR) is 119 cm³/mol. The first-order chi connectivity index (χ1) is 14.7. The standard InChI is InChI=1S/C26H29FN2O/c1-30-25-12-6-5-10-22(25)24(18-19-13-15-21(27)16-14-19)29-23-11-7-17-28-26(23)20-8-3-2-4-9-20/h2-6,8-10,12-16,23-24,26,28-29H,7,11,17-18H2,1H3/t23-,24-,26-/m0/s1. The molecule has 0 aromatic heterocycles. The molecule has 1 fully saturated rings. The van der Waals surface area contributed by atoms with Gasteiger partial charge in [-0.1, -0.05) is 60.7 Å². The molecule has 0 bridgehead atoms. The maximum Gasteiger partial charge on any atom is 0.123 e. The second-order valence-electron chi connectivity index (χ2n) is 7.88. The van der Waals surface area contributed by atoms with E-state index in [1.807, 2.05) is 30.3 Å². The molecule has 3 aromatic carbocycles. The maximum atomic E-state index is 13.4. The van der Waals surface area contributed by atoms with E-state index >= 15 is 0 Å². The number of para-hydroxylation sites is 1. The van der Waals surface area contributed by atoms with Gasteiger partial charge >= 0.3 is 0 Å². The molecule has 2 N–H and O–H groups in total. The molecule has 30 heavy (non-hydrogen) atoms. The lowest BCUT2D eigenvalue weighted by atomic mass is 9.89. The Bertz CT molecular complexity index is 929. The van der Waals surface area contributed by atoms with Crippen molar-refractivity contribution in [2.75, 3.05) is 13.7 Å². The third kappa shape index (κ3) is 4.89. The zero-order chi connectivity index (χ0) is 20.8. The molecule has 3 nitrogen and oxygen atoms in total. The van der Waals surface area contributed by atoms with Gasteiger partial charge in [-0.25, -0.2) is 4.39 Å². The molecule has 1 heterocycles. The minimum atomic E-state index is -0.207. The molecular weight excluding hydrogens is 375 g/mol. The summed E-state index contributed by atoms with van der Waals surface area (Å²) in [4.78, 5) is 0. The number of halogens is 1. The number of piperidine rings is 1. The number of methoxy groups -OCH3 is 1. The molecular formula is C26H29FN2O. The van der Waals surface area contributed by atoms with E-state index in [9.17, 15) is 4.39 Å². The monoisotopic (exact) mass is 404 g/mol. The van der Waals surface area contributed by atoms with Gasteiger partial charge in [0, 0.05) is 23.7 Å². The highest BCUT2D eigenvalue weighted by molar-refractivity contribution is 5.37. The van der Waals surface area contributed by atoms with Crippen molar-refractivity contribution < 1.29 is 9.13 Å². The minimum absolute atomic E-state index is 0.0581. The molecule has 0 spiro atoms. The van der Waals surface area contributed by atoms with Gasteiger partial charge < -0.3 is 15.4 Å². The molecule has 1 aliphatic heterocycles. The Morgan fingerprint density at radius 2 is 1.73 bits per heavy atom. The summed E-state index contributed by atoms with van der Waals surface area (Å²) in [6.07, 6.45) is 3.00. The van der Waals surface area contributed by atoms with Gasteiger partial charge in [0.05, 0.1) is 7.11 Å². The zero-order valence-electron chi connectivity index (χ0n) is 17.4. The van der Waals surface area contributed by atoms with Crippen LogP contribution in [-0.4, -0.2) is 19.7 Å². The van der Waals surface area contributed by atoms with Crippen molar-refractivity contribution in [3.63, 3.8) is 0 Å². The Kier molecular flexibility index (Phi) is 6.77. The third-order valence-electron chi connectivity index (χ3n) is 5.90. The summed E-state index contributed by atoms with van der Waals surface area (Å²) in [5.74, 6) is 0.665. The van der Waals surface area contributed by atoms with Crippen molar-refractivity contribution in [2.45, 2.75) is 37.4 Å². The van der Waals surface area contributed by atoms with E-state index in [1.54, 1.807) is 7.11 Å². The molecule has 0 aliphatic carbocycles. The van der Waals surface area contributed by atoms with Crippen molar-refractivity contribution in [2.24, 2.45) is 0 Å². The number of ether oxygens (including phenoxy) is 1. The normalized spacial score (nSPS) is 19.9. The number of hydrogen-bond donors (Lipinski definition) is 2. The minimum Gasteiger partial charge on any atom is -0.496 e. The van der Waals surface area contributed by atoms with Crippen molar-refractivity contribution in [3.8, 4) is 5.75 Å². The first-order valence-electron chi connectivity index (χ1n) is 10.7. The van der Waals surface area contributed by atoms with Crippen LogP contribution < -0.4 is 15.4 Å². The fourth-order valence-corrected chi connectivity index (χ4v) is 4.41. The summed E-state index contributed by atoms with van der Waals surface area (Å²) in [5, 5.41) is 7.62. The largest absolute Gasteiger partial charge is 0.496 e. The molecule has 0 unspecified atom stereocenters. The van der Waals surface area contributed by atoms with Gasteiger partial charge in [-0.15, -0.1) is 0 Å². The summed E-state index contributed by atoms with van der Waals surface area (Å²) in [5.41, 5.74) is 3.52. The van der Waals surface area contributed by atoms with Crippen molar-refractivity contribution in [3.05, 3.63) is 101 Å². The second kappa shape index (κ2) is 9.88. The van der Waals surface area contributed by atoms with Gasteiger partial charge in [0.15, 0.2) is 0 Å². The van der Waals surface area contributed by atoms with Gasteiger partial charge in [0.1, 0.15) is 11.6 Å². The molecule has 3 atom stereocenters. The number of benzene rings is 3. The molecule has 0 saturated carbocycles. The summed E-state index contributed by atoms with van der Waals surface area (Å²) in [6.45, 7) is 1.02. The van der Waals surface area contributed by atoms with E-state index in [0.717, 1.165) is 42.7 Å². The van der Waals surface area contributed by atoms with E-state index in [0.29, 0.717) is 0 Å². The van der Waals surface area contributed by atoms with E-state index in [-0.39, 0.29) is 23.9 Å². The molecule has 3 aromatic rings. The quantitative estimate of drug-likeness (QED) is 0.568. The van der Waals surface area contributed by atoms with Gasteiger partial charge in [0.25, 0.3) is 0 Å². The summed E-state index contributed by atoms with van der Waals surface area (Å²) in [6, 6.07) is 26.2. The molecule has 4 heteroatoms. The average molecular weight is 405 g/mol. The average Bonchev–Trinajstić information content (AvgIpc) is 2.81. The Balaban J connectivity index is 1.63. The summed E-state index contributed by atoms with van der Waals surface area (Å²) >= 11 is 0. The van der Waals surface area contributed by atoms with Crippen LogP contribution in [0, 0.1) is 5.82 Å². The molecule has 4 rings (SSSR count). The molecule has 0 radical (unpaired) electrons. The zero-order valence-corrected chi connectivity index (χ0v) is 17.4. The van der Waals surface area contributed by atoms with Crippen LogP contribution in [0.5, 0.6) is 5.75 Å². The van der Waals surface area contributed by atoms with Crippen LogP contribution in [0.25, 0.3) is 0 Å². The highest BCUT2D eigenvalue weighted by atomic mass is 19.1.